The van der Waals surface area contributed by atoms with Crippen LogP contribution in [0.25, 0.3) is 16.6 Å². The van der Waals surface area contributed by atoms with E-state index in [0.29, 0.717) is 6.54 Å². The Hall–Kier alpha value is -3.18. The van der Waals surface area contributed by atoms with Crippen LogP contribution < -0.4 is 5.56 Å². The Morgan fingerprint density at radius 3 is 2.60 bits per heavy atom. The maximum Gasteiger partial charge on any atom is 0.255 e. The van der Waals surface area contributed by atoms with E-state index >= 15 is 0 Å². The summed E-state index contributed by atoms with van der Waals surface area (Å²) in [6.07, 6.45) is 4.46. The fraction of sp³-hybridized carbons (Fsp3) is 0.240. The molecule has 2 aromatic carbocycles. The Labute approximate surface area is 174 Å². The number of nitrogens with one attached hydrogen (secondary N) is 1. The smallest absolute Gasteiger partial charge is 0.255 e. The molecule has 0 spiro atoms. The van der Waals surface area contributed by atoms with E-state index in [-0.39, 0.29) is 5.56 Å². The average Bonchev–Trinajstić information content (AvgIpc) is 3.15. The van der Waals surface area contributed by atoms with Gasteiger partial charge in [0.1, 0.15) is 6.80 Å². The number of rotatable bonds is 5. The van der Waals surface area contributed by atoms with Crippen LogP contribution in [0.15, 0.2) is 71.7 Å². The van der Waals surface area contributed by atoms with Gasteiger partial charge in [0.25, 0.3) is 5.56 Å². The van der Waals surface area contributed by atoms with Gasteiger partial charge in [-0.3, -0.25) is 14.3 Å². The van der Waals surface area contributed by atoms with Crippen LogP contribution in [0.1, 0.15) is 22.4 Å². The zero-order chi connectivity index (χ0) is 20.5. The fourth-order valence-corrected chi connectivity index (χ4v) is 4.37. The van der Waals surface area contributed by atoms with E-state index in [0.717, 1.165) is 48.3 Å². The summed E-state index contributed by atoms with van der Waals surface area (Å²) in [5.74, 6) is 0. The molecule has 0 fully saturated rings. The molecule has 3 heterocycles. The van der Waals surface area contributed by atoms with E-state index in [1.54, 1.807) is 15.5 Å². The molecule has 0 saturated carbocycles. The van der Waals surface area contributed by atoms with Crippen molar-refractivity contribution in [2.45, 2.75) is 25.8 Å². The lowest BCUT2D eigenvalue weighted by atomic mass is 10.0. The minimum Gasteiger partial charge on any atom is -0.357 e. The van der Waals surface area contributed by atoms with Gasteiger partial charge in [0.15, 0.2) is 0 Å². The van der Waals surface area contributed by atoms with Gasteiger partial charge in [-0.1, -0.05) is 36.4 Å². The van der Waals surface area contributed by atoms with Gasteiger partial charge in [0.2, 0.25) is 0 Å². The molecular weight excluding hydrogens is 377 g/mol. The lowest BCUT2D eigenvalue weighted by Gasteiger charge is -2.23. The third-order valence-corrected chi connectivity index (χ3v) is 6.01. The predicted octanol–water partition coefficient (Wildman–Crippen LogP) is 4.39. The number of pyridine rings is 1. The molecule has 0 radical (unpaired) electrons. The largest absolute Gasteiger partial charge is 0.357 e. The standard InChI is InChI=1S/C25H24FN3O/c26-17-28-12-11-22-21-9-8-20(15-23(21)27-24(22)16-28)29-13-10-19(14-25(29)30)7-6-18-4-2-1-3-5-18/h1-5,8-10,13-15,27H,6-7,11-12,16-17H2. The van der Waals surface area contributed by atoms with Crippen LogP contribution in [0.4, 0.5) is 4.39 Å². The quantitative estimate of drug-likeness (QED) is 0.504. The number of H-pyrrole nitrogens is 1. The van der Waals surface area contributed by atoms with Crippen molar-refractivity contribution in [2.75, 3.05) is 13.3 Å². The molecule has 0 bridgehead atoms. The number of hydrogen-bond acceptors (Lipinski definition) is 2. The maximum absolute atomic E-state index is 13.0. The minimum atomic E-state index is -0.425. The molecule has 0 saturated heterocycles. The molecule has 152 valence electrons. The Balaban J connectivity index is 1.40. The van der Waals surface area contributed by atoms with Crippen molar-refractivity contribution in [1.82, 2.24) is 14.5 Å². The molecule has 1 aliphatic rings. The molecule has 5 rings (SSSR count). The summed E-state index contributed by atoms with van der Waals surface area (Å²) in [6.45, 7) is 0.917. The monoisotopic (exact) mass is 401 g/mol. The van der Waals surface area contributed by atoms with Crippen molar-refractivity contribution in [3.8, 4) is 5.69 Å². The highest BCUT2D eigenvalue weighted by Gasteiger charge is 2.20. The molecule has 4 aromatic rings. The van der Waals surface area contributed by atoms with E-state index < -0.39 is 6.80 Å². The summed E-state index contributed by atoms with van der Waals surface area (Å²) >= 11 is 0. The van der Waals surface area contributed by atoms with Gasteiger partial charge in [-0.2, -0.15) is 0 Å². The van der Waals surface area contributed by atoms with E-state index in [9.17, 15) is 9.18 Å². The van der Waals surface area contributed by atoms with Gasteiger partial charge in [-0.25, -0.2) is 4.39 Å². The van der Waals surface area contributed by atoms with Crippen molar-refractivity contribution < 1.29 is 4.39 Å². The average molecular weight is 401 g/mol. The van der Waals surface area contributed by atoms with Gasteiger partial charge >= 0.3 is 0 Å². The second-order valence-electron chi connectivity index (χ2n) is 7.96. The van der Waals surface area contributed by atoms with Crippen molar-refractivity contribution in [3.63, 3.8) is 0 Å². The third kappa shape index (κ3) is 3.57. The van der Waals surface area contributed by atoms with Crippen LogP contribution in [0.2, 0.25) is 0 Å². The molecule has 5 heteroatoms. The zero-order valence-corrected chi connectivity index (χ0v) is 16.8. The molecular formula is C25H24FN3O. The predicted molar refractivity (Wildman–Crippen MR) is 118 cm³/mol. The van der Waals surface area contributed by atoms with Crippen molar-refractivity contribution in [2.24, 2.45) is 0 Å². The van der Waals surface area contributed by atoms with Gasteiger partial charge in [-0.15, -0.1) is 0 Å². The number of hydrogen-bond donors (Lipinski definition) is 1. The Morgan fingerprint density at radius 2 is 1.80 bits per heavy atom. The van der Waals surface area contributed by atoms with E-state index in [1.807, 2.05) is 42.6 Å². The highest BCUT2D eigenvalue weighted by atomic mass is 19.1. The number of aryl methyl sites for hydroxylation is 2. The molecule has 1 N–H and O–H groups in total. The summed E-state index contributed by atoms with van der Waals surface area (Å²) in [4.78, 5) is 18.0. The van der Waals surface area contributed by atoms with Crippen molar-refractivity contribution in [3.05, 3.63) is 99.6 Å². The molecule has 2 aromatic heterocycles. The van der Waals surface area contributed by atoms with Crippen LogP contribution >= 0.6 is 0 Å². The highest BCUT2D eigenvalue weighted by molar-refractivity contribution is 5.86. The third-order valence-electron chi connectivity index (χ3n) is 6.01. The lowest BCUT2D eigenvalue weighted by molar-refractivity contribution is 0.168. The minimum absolute atomic E-state index is 0.0279. The summed E-state index contributed by atoms with van der Waals surface area (Å²) in [5.41, 5.74) is 6.47. The number of aromatic nitrogens is 2. The summed E-state index contributed by atoms with van der Waals surface area (Å²) in [5, 5.41) is 1.17. The Morgan fingerprint density at radius 1 is 0.967 bits per heavy atom. The molecule has 30 heavy (non-hydrogen) atoms. The summed E-state index contributed by atoms with van der Waals surface area (Å²) < 4.78 is 14.7. The first-order valence-electron chi connectivity index (χ1n) is 10.4. The lowest BCUT2D eigenvalue weighted by Crippen LogP contribution is -2.29. The van der Waals surface area contributed by atoms with Crippen molar-refractivity contribution >= 4 is 10.9 Å². The van der Waals surface area contributed by atoms with E-state index in [1.165, 1.54) is 16.5 Å². The zero-order valence-electron chi connectivity index (χ0n) is 16.8. The highest BCUT2D eigenvalue weighted by Crippen LogP contribution is 2.28. The number of halogens is 1. The second-order valence-corrected chi connectivity index (χ2v) is 7.96. The SMILES string of the molecule is O=c1cc(CCc2ccccc2)ccn1-c1ccc2c3c([nH]c2c1)CN(CF)CC3. The second kappa shape index (κ2) is 7.92. The van der Waals surface area contributed by atoms with Crippen LogP contribution in [0.3, 0.4) is 0 Å². The van der Waals surface area contributed by atoms with E-state index in [4.69, 9.17) is 0 Å². The number of aromatic amines is 1. The molecule has 0 unspecified atom stereocenters. The van der Waals surface area contributed by atoms with Crippen LogP contribution in [0, 0.1) is 0 Å². The maximum atomic E-state index is 13.0. The fourth-order valence-electron chi connectivity index (χ4n) is 4.37. The van der Waals surface area contributed by atoms with Gasteiger partial charge in [-0.05, 0) is 54.2 Å². The molecule has 1 aliphatic heterocycles. The molecule has 0 amide bonds. The van der Waals surface area contributed by atoms with Crippen LogP contribution in [-0.2, 0) is 25.8 Å². The first kappa shape index (κ1) is 18.8. The number of benzene rings is 2. The molecule has 4 nitrogen and oxygen atoms in total. The van der Waals surface area contributed by atoms with Crippen molar-refractivity contribution in [1.29, 1.82) is 0 Å². The summed E-state index contributed by atoms with van der Waals surface area (Å²) in [7, 11) is 0. The number of fused-ring (bicyclic) bond motifs is 3. The topological polar surface area (TPSA) is 41.0 Å². The van der Waals surface area contributed by atoms with Gasteiger partial charge < -0.3 is 4.98 Å². The summed E-state index contributed by atoms with van der Waals surface area (Å²) in [6, 6.07) is 20.1. The first-order chi connectivity index (χ1) is 14.7. The van der Waals surface area contributed by atoms with Gasteiger partial charge in [0.05, 0.1) is 5.69 Å². The number of alkyl halides is 1. The Bertz CT molecular complexity index is 1240. The molecule has 0 aliphatic carbocycles. The number of nitrogens with zero attached hydrogens (tertiary/aromatic N) is 2. The first-order valence-corrected chi connectivity index (χ1v) is 10.4. The Kier molecular flexibility index (Phi) is 4.97. The van der Waals surface area contributed by atoms with E-state index in [2.05, 4.69) is 23.2 Å². The normalized spacial score (nSPS) is 14.2. The van der Waals surface area contributed by atoms with Crippen LogP contribution in [0.5, 0.6) is 0 Å². The van der Waals surface area contributed by atoms with Gasteiger partial charge in [0, 0.05) is 41.9 Å². The molecule has 0 atom stereocenters. The van der Waals surface area contributed by atoms with Crippen LogP contribution in [-0.4, -0.2) is 27.8 Å².